The van der Waals surface area contributed by atoms with Crippen LogP contribution in [-0.4, -0.2) is 23.1 Å². The van der Waals surface area contributed by atoms with Crippen LogP contribution in [0.5, 0.6) is 11.5 Å². The second kappa shape index (κ2) is 7.20. The number of rotatable bonds is 4. The van der Waals surface area contributed by atoms with E-state index in [1.807, 2.05) is 36.4 Å². The zero-order valence-corrected chi connectivity index (χ0v) is 16.7. The van der Waals surface area contributed by atoms with E-state index < -0.39 is 5.91 Å². The quantitative estimate of drug-likeness (QED) is 0.369. The van der Waals surface area contributed by atoms with Crippen molar-refractivity contribution in [3.05, 3.63) is 72.5 Å². The van der Waals surface area contributed by atoms with Gasteiger partial charge in [0.25, 0.3) is 5.91 Å². The first kappa shape index (κ1) is 18.2. The Bertz CT molecular complexity index is 1370. The Balaban J connectivity index is 1.46. The van der Waals surface area contributed by atoms with Crippen molar-refractivity contribution in [1.82, 2.24) is 4.98 Å². The lowest BCUT2D eigenvalue weighted by atomic mass is 10.2. The molecule has 0 saturated heterocycles. The third-order valence-electron chi connectivity index (χ3n) is 4.73. The summed E-state index contributed by atoms with van der Waals surface area (Å²) in [5.74, 6) is 0.438. The van der Waals surface area contributed by atoms with Gasteiger partial charge in [0.1, 0.15) is 10.8 Å². The van der Waals surface area contributed by atoms with Gasteiger partial charge in [-0.2, -0.15) is 0 Å². The molecule has 30 heavy (non-hydrogen) atoms. The number of nitrogens with zero attached hydrogens (tertiary/aromatic N) is 1. The summed E-state index contributed by atoms with van der Waals surface area (Å²) in [6.45, 7) is 0. The minimum Gasteiger partial charge on any atom is -0.507 e. The monoisotopic (exact) mass is 416 g/mol. The molecule has 0 aliphatic carbocycles. The van der Waals surface area contributed by atoms with E-state index in [1.54, 1.807) is 37.4 Å². The molecule has 148 valence electrons. The number of phenolic OH excluding ortho intramolecular Hbond substituents is 1. The van der Waals surface area contributed by atoms with Crippen LogP contribution in [0.1, 0.15) is 10.6 Å². The number of hydrogen-bond donors (Lipinski definition) is 2. The van der Waals surface area contributed by atoms with E-state index in [-0.39, 0.29) is 11.5 Å². The Hall–Kier alpha value is -3.84. The Morgan fingerprint density at radius 2 is 1.97 bits per heavy atom. The Kier molecular flexibility index (Phi) is 4.37. The van der Waals surface area contributed by atoms with Gasteiger partial charge in [0.15, 0.2) is 17.1 Å². The molecule has 0 fully saturated rings. The number of phenols is 1. The standard InChI is InChI=1S/C23H16N2O4S/c1-28-18-7-4-5-13-11-19(29-21(13)18)22(27)24-14-9-10-17(26)15(12-14)23-25-16-6-2-3-8-20(16)30-23/h2-12,26H,1H3,(H,24,27). The second-order valence-electron chi connectivity index (χ2n) is 6.66. The molecule has 6 nitrogen and oxygen atoms in total. The number of aromatic hydroxyl groups is 1. The van der Waals surface area contributed by atoms with Crippen LogP contribution in [0.25, 0.3) is 31.8 Å². The maximum absolute atomic E-state index is 12.7. The number of benzene rings is 3. The SMILES string of the molecule is COc1cccc2cc(C(=O)Nc3ccc(O)c(-c4nc5ccccc5s4)c3)oc12. The Labute approximate surface area is 175 Å². The topological polar surface area (TPSA) is 84.6 Å². The average Bonchev–Trinajstić information content (AvgIpc) is 3.39. The fourth-order valence-corrected chi connectivity index (χ4v) is 4.26. The normalized spacial score (nSPS) is 11.1. The molecule has 5 aromatic rings. The zero-order valence-electron chi connectivity index (χ0n) is 15.9. The summed E-state index contributed by atoms with van der Waals surface area (Å²) in [6, 6.07) is 19.8. The van der Waals surface area contributed by atoms with E-state index in [2.05, 4.69) is 10.3 Å². The van der Waals surface area contributed by atoms with Crippen LogP contribution in [0.15, 0.2) is 71.1 Å². The van der Waals surface area contributed by atoms with Crippen molar-refractivity contribution in [3.63, 3.8) is 0 Å². The number of carbonyl (C=O) groups is 1. The first-order valence-electron chi connectivity index (χ1n) is 9.19. The van der Waals surface area contributed by atoms with E-state index in [0.717, 1.165) is 15.6 Å². The summed E-state index contributed by atoms with van der Waals surface area (Å²) in [6.07, 6.45) is 0. The number of amides is 1. The largest absolute Gasteiger partial charge is 0.507 e. The molecule has 0 unspecified atom stereocenters. The van der Waals surface area contributed by atoms with E-state index in [9.17, 15) is 9.90 Å². The summed E-state index contributed by atoms with van der Waals surface area (Å²) in [7, 11) is 1.55. The van der Waals surface area contributed by atoms with E-state index in [0.29, 0.717) is 27.6 Å². The molecule has 0 aliphatic rings. The van der Waals surface area contributed by atoms with Gasteiger partial charge in [0, 0.05) is 11.1 Å². The molecular weight excluding hydrogens is 400 g/mol. The number of aromatic nitrogens is 1. The molecule has 3 aromatic carbocycles. The fourth-order valence-electron chi connectivity index (χ4n) is 3.27. The van der Waals surface area contributed by atoms with Gasteiger partial charge in [-0.15, -0.1) is 11.3 Å². The van der Waals surface area contributed by atoms with Crippen molar-refractivity contribution in [2.75, 3.05) is 12.4 Å². The molecule has 2 heterocycles. The predicted octanol–water partition coefficient (Wildman–Crippen LogP) is 5.68. The van der Waals surface area contributed by atoms with Gasteiger partial charge in [0.05, 0.1) is 22.9 Å². The minimum absolute atomic E-state index is 0.0977. The fraction of sp³-hybridized carbons (Fsp3) is 0.0435. The molecule has 1 amide bonds. The zero-order chi connectivity index (χ0) is 20.7. The van der Waals surface area contributed by atoms with Crippen LogP contribution >= 0.6 is 11.3 Å². The number of carbonyl (C=O) groups excluding carboxylic acids is 1. The number of anilines is 1. The summed E-state index contributed by atoms with van der Waals surface area (Å²) in [5.41, 5.74) is 2.47. The molecule has 0 saturated carbocycles. The number of fused-ring (bicyclic) bond motifs is 2. The number of para-hydroxylation sites is 2. The first-order valence-corrected chi connectivity index (χ1v) is 10.0. The van der Waals surface area contributed by atoms with Gasteiger partial charge in [-0.3, -0.25) is 4.79 Å². The lowest BCUT2D eigenvalue weighted by Crippen LogP contribution is -2.10. The van der Waals surface area contributed by atoms with Crippen molar-refractivity contribution in [1.29, 1.82) is 0 Å². The smallest absolute Gasteiger partial charge is 0.291 e. The van der Waals surface area contributed by atoms with E-state index in [4.69, 9.17) is 9.15 Å². The number of ether oxygens (including phenoxy) is 1. The molecule has 2 N–H and O–H groups in total. The number of hydrogen-bond acceptors (Lipinski definition) is 6. The van der Waals surface area contributed by atoms with Gasteiger partial charge in [-0.1, -0.05) is 24.3 Å². The summed E-state index contributed by atoms with van der Waals surface area (Å²) < 4.78 is 12.0. The Morgan fingerprint density at radius 3 is 2.80 bits per heavy atom. The minimum atomic E-state index is -0.394. The highest BCUT2D eigenvalue weighted by Gasteiger charge is 2.17. The summed E-state index contributed by atoms with van der Waals surface area (Å²) >= 11 is 1.48. The van der Waals surface area contributed by atoms with Crippen LogP contribution in [0, 0.1) is 0 Å². The number of furan rings is 1. The highest BCUT2D eigenvalue weighted by atomic mass is 32.1. The third kappa shape index (κ3) is 3.15. The molecule has 0 bridgehead atoms. The number of nitrogens with one attached hydrogen (secondary N) is 1. The van der Waals surface area contributed by atoms with Crippen molar-refractivity contribution >= 4 is 44.1 Å². The van der Waals surface area contributed by atoms with Crippen LogP contribution < -0.4 is 10.1 Å². The highest BCUT2D eigenvalue weighted by molar-refractivity contribution is 7.21. The second-order valence-corrected chi connectivity index (χ2v) is 7.69. The van der Waals surface area contributed by atoms with Crippen LogP contribution in [0.4, 0.5) is 5.69 Å². The maximum atomic E-state index is 12.7. The first-order chi connectivity index (χ1) is 14.6. The maximum Gasteiger partial charge on any atom is 0.291 e. The number of thiazole rings is 1. The molecular formula is C23H16N2O4S. The van der Waals surface area contributed by atoms with Gasteiger partial charge >= 0.3 is 0 Å². The van der Waals surface area contributed by atoms with E-state index in [1.165, 1.54) is 11.3 Å². The predicted molar refractivity (Wildman–Crippen MR) is 117 cm³/mol. The molecule has 0 spiro atoms. The molecule has 0 aliphatic heterocycles. The molecule has 0 atom stereocenters. The summed E-state index contributed by atoms with van der Waals surface area (Å²) in [5, 5.41) is 14.6. The molecule has 5 rings (SSSR count). The lowest BCUT2D eigenvalue weighted by Gasteiger charge is -2.07. The van der Waals surface area contributed by atoms with Gasteiger partial charge < -0.3 is 19.6 Å². The number of methoxy groups -OCH3 is 1. The van der Waals surface area contributed by atoms with Gasteiger partial charge in [-0.05, 0) is 42.5 Å². The van der Waals surface area contributed by atoms with Crippen LogP contribution in [-0.2, 0) is 0 Å². The van der Waals surface area contributed by atoms with Crippen molar-refractivity contribution in [2.45, 2.75) is 0 Å². The molecule has 7 heteroatoms. The van der Waals surface area contributed by atoms with Crippen molar-refractivity contribution in [3.8, 4) is 22.1 Å². The van der Waals surface area contributed by atoms with Gasteiger partial charge in [0.2, 0.25) is 0 Å². The van der Waals surface area contributed by atoms with E-state index >= 15 is 0 Å². The van der Waals surface area contributed by atoms with Crippen molar-refractivity contribution < 1.29 is 19.1 Å². The highest BCUT2D eigenvalue weighted by Crippen LogP contribution is 2.37. The lowest BCUT2D eigenvalue weighted by molar-refractivity contribution is 0.0998. The van der Waals surface area contributed by atoms with Crippen molar-refractivity contribution in [2.24, 2.45) is 0 Å². The molecule has 0 radical (unpaired) electrons. The van der Waals surface area contributed by atoms with Gasteiger partial charge in [-0.25, -0.2) is 4.98 Å². The Morgan fingerprint density at radius 1 is 1.10 bits per heavy atom. The van der Waals surface area contributed by atoms with Crippen LogP contribution in [0.3, 0.4) is 0 Å². The summed E-state index contributed by atoms with van der Waals surface area (Å²) in [4.78, 5) is 17.3. The third-order valence-corrected chi connectivity index (χ3v) is 5.80. The average molecular weight is 416 g/mol. The molecule has 2 aromatic heterocycles. The van der Waals surface area contributed by atoms with Crippen LogP contribution in [0.2, 0.25) is 0 Å².